The van der Waals surface area contributed by atoms with Crippen LogP contribution >= 0.6 is 11.6 Å². The lowest BCUT2D eigenvalue weighted by atomic mass is 10.2. The maximum atomic E-state index is 12.3. The van der Waals surface area contributed by atoms with Crippen molar-refractivity contribution in [3.05, 3.63) is 69.1 Å². The number of carbonyl (C=O) groups excluding carboxylic acids is 1. The maximum absolute atomic E-state index is 12.3. The molecule has 1 aromatic heterocycles. The zero-order valence-corrected chi connectivity index (χ0v) is 13.6. The summed E-state index contributed by atoms with van der Waals surface area (Å²) in [5.41, 5.74) is 1.20. The minimum absolute atomic E-state index is 0.121. The number of nitrogens with zero attached hydrogens (tertiary/aromatic N) is 1. The highest BCUT2D eigenvalue weighted by atomic mass is 35.5. The predicted octanol–water partition coefficient (Wildman–Crippen LogP) is 3.22. The molecule has 0 saturated heterocycles. The normalized spacial score (nSPS) is 14.8. The molecule has 0 bridgehead atoms. The van der Waals surface area contributed by atoms with E-state index < -0.39 is 0 Å². The van der Waals surface area contributed by atoms with Crippen LogP contribution in [0.1, 0.15) is 41.6 Å². The van der Waals surface area contributed by atoms with Gasteiger partial charge in [0.15, 0.2) is 0 Å². The summed E-state index contributed by atoms with van der Waals surface area (Å²) in [6.07, 6.45) is 6.00. The van der Waals surface area contributed by atoms with Gasteiger partial charge in [0.05, 0.1) is 12.1 Å². The van der Waals surface area contributed by atoms with E-state index in [1.54, 1.807) is 18.3 Å². The third kappa shape index (κ3) is 3.82. The molecule has 1 amide bonds. The van der Waals surface area contributed by atoms with Crippen molar-refractivity contribution in [3.63, 3.8) is 0 Å². The number of aromatic nitrogens is 1. The number of benzene rings is 1. The maximum Gasteiger partial charge on any atom is 0.252 e. The van der Waals surface area contributed by atoms with Gasteiger partial charge in [0, 0.05) is 23.3 Å². The minimum Gasteiger partial charge on any atom is -0.349 e. The summed E-state index contributed by atoms with van der Waals surface area (Å²) in [5, 5.41) is 3.65. The minimum atomic E-state index is -0.151. The van der Waals surface area contributed by atoms with E-state index in [0.29, 0.717) is 17.1 Å². The molecule has 0 unspecified atom stereocenters. The molecule has 1 saturated carbocycles. The van der Waals surface area contributed by atoms with Crippen LogP contribution in [0.2, 0.25) is 5.02 Å². The molecule has 1 aliphatic carbocycles. The van der Waals surface area contributed by atoms with Gasteiger partial charge in [-0.3, -0.25) is 9.59 Å². The average molecular weight is 331 g/mol. The number of rotatable bonds is 4. The number of carbonyl (C=O) groups is 1. The van der Waals surface area contributed by atoms with Gasteiger partial charge in [0.1, 0.15) is 0 Å². The summed E-state index contributed by atoms with van der Waals surface area (Å²) < 4.78 is 1.52. The van der Waals surface area contributed by atoms with Crippen LogP contribution in [0.4, 0.5) is 0 Å². The Hall–Kier alpha value is -2.07. The summed E-state index contributed by atoms with van der Waals surface area (Å²) in [6, 6.07) is 10.7. The largest absolute Gasteiger partial charge is 0.349 e. The molecule has 5 heteroatoms. The molecule has 1 N–H and O–H groups in total. The van der Waals surface area contributed by atoms with Crippen molar-refractivity contribution in [1.82, 2.24) is 9.88 Å². The highest BCUT2D eigenvalue weighted by Gasteiger charge is 2.18. The number of amides is 1. The van der Waals surface area contributed by atoms with E-state index in [-0.39, 0.29) is 17.5 Å². The smallest absolute Gasteiger partial charge is 0.252 e. The number of pyridine rings is 1. The van der Waals surface area contributed by atoms with Gasteiger partial charge in [0.25, 0.3) is 11.5 Å². The van der Waals surface area contributed by atoms with E-state index in [4.69, 9.17) is 11.6 Å². The van der Waals surface area contributed by atoms with Gasteiger partial charge in [-0.2, -0.15) is 0 Å². The topological polar surface area (TPSA) is 51.1 Å². The Balaban J connectivity index is 1.80. The fourth-order valence-electron chi connectivity index (χ4n) is 2.94. The van der Waals surface area contributed by atoms with Crippen molar-refractivity contribution in [2.75, 3.05) is 0 Å². The van der Waals surface area contributed by atoms with Crippen LogP contribution in [0, 0.1) is 0 Å². The molecule has 0 aliphatic heterocycles. The third-order valence-electron chi connectivity index (χ3n) is 4.23. The Morgan fingerprint density at radius 2 is 1.91 bits per heavy atom. The summed E-state index contributed by atoms with van der Waals surface area (Å²) in [5.74, 6) is -0.121. The SMILES string of the molecule is O=C(NC1CCCC1)c1ccc(=O)n(Cc2ccccc2Cl)c1. The highest BCUT2D eigenvalue weighted by molar-refractivity contribution is 6.31. The van der Waals surface area contributed by atoms with Gasteiger partial charge in [-0.15, -0.1) is 0 Å². The lowest BCUT2D eigenvalue weighted by Crippen LogP contribution is -2.33. The molecule has 1 aliphatic rings. The fraction of sp³-hybridized carbons (Fsp3) is 0.333. The van der Waals surface area contributed by atoms with Crippen LogP contribution in [0.3, 0.4) is 0 Å². The average Bonchev–Trinajstić information content (AvgIpc) is 3.04. The fourth-order valence-corrected chi connectivity index (χ4v) is 3.13. The Morgan fingerprint density at radius 1 is 1.17 bits per heavy atom. The van der Waals surface area contributed by atoms with Crippen LogP contribution in [0.15, 0.2) is 47.4 Å². The van der Waals surface area contributed by atoms with E-state index in [1.807, 2.05) is 18.2 Å². The molecule has 1 aromatic carbocycles. The first-order valence-electron chi connectivity index (χ1n) is 7.88. The van der Waals surface area contributed by atoms with E-state index in [9.17, 15) is 9.59 Å². The van der Waals surface area contributed by atoms with Crippen LogP contribution in [-0.4, -0.2) is 16.5 Å². The number of hydrogen-bond acceptors (Lipinski definition) is 2. The monoisotopic (exact) mass is 330 g/mol. The zero-order valence-electron chi connectivity index (χ0n) is 12.8. The Bertz CT molecular complexity index is 764. The van der Waals surface area contributed by atoms with Crippen molar-refractivity contribution >= 4 is 17.5 Å². The molecule has 23 heavy (non-hydrogen) atoms. The van der Waals surface area contributed by atoms with E-state index >= 15 is 0 Å². The molecule has 2 aromatic rings. The van der Waals surface area contributed by atoms with Gasteiger partial charge in [-0.1, -0.05) is 42.6 Å². The Kier molecular flexibility index (Phi) is 4.82. The molecule has 0 atom stereocenters. The van der Waals surface area contributed by atoms with Gasteiger partial charge in [0.2, 0.25) is 0 Å². The van der Waals surface area contributed by atoms with Gasteiger partial charge in [-0.25, -0.2) is 0 Å². The molecular formula is C18H19ClN2O2. The molecule has 1 heterocycles. The van der Waals surface area contributed by atoms with Crippen LogP contribution in [0.25, 0.3) is 0 Å². The first kappa shape index (κ1) is 15.8. The number of hydrogen-bond donors (Lipinski definition) is 1. The summed E-state index contributed by atoms with van der Waals surface area (Å²) in [6.45, 7) is 0.350. The van der Waals surface area contributed by atoms with Crippen molar-refractivity contribution in [2.45, 2.75) is 38.3 Å². The molecular weight excluding hydrogens is 312 g/mol. The van der Waals surface area contributed by atoms with E-state index in [2.05, 4.69) is 5.32 Å². The predicted molar refractivity (Wildman–Crippen MR) is 91.0 cm³/mol. The van der Waals surface area contributed by atoms with Crippen LogP contribution in [-0.2, 0) is 6.54 Å². The van der Waals surface area contributed by atoms with E-state index in [0.717, 1.165) is 31.2 Å². The molecule has 3 rings (SSSR count). The number of halogens is 1. The first-order chi connectivity index (χ1) is 11.1. The van der Waals surface area contributed by atoms with Crippen molar-refractivity contribution in [1.29, 1.82) is 0 Å². The lowest BCUT2D eigenvalue weighted by molar-refractivity contribution is 0.0937. The summed E-state index contributed by atoms with van der Waals surface area (Å²) in [4.78, 5) is 24.4. The molecule has 0 spiro atoms. The summed E-state index contributed by atoms with van der Waals surface area (Å²) >= 11 is 6.15. The molecule has 0 radical (unpaired) electrons. The van der Waals surface area contributed by atoms with Crippen molar-refractivity contribution < 1.29 is 4.79 Å². The quantitative estimate of drug-likeness (QED) is 0.935. The van der Waals surface area contributed by atoms with Crippen molar-refractivity contribution in [3.8, 4) is 0 Å². The zero-order chi connectivity index (χ0) is 16.2. The van der Waals surface area contributed by atoms with Gasteiger partial charge in [-0.05, 0) is 30.5 Å². The highest BCUT2D eigenvalue weighted by Crippen LogP contribution is 2.18. The Morgan fingerprint density at radius 3 is 2.65 bits per heavy atom. The first-order valence-corrected chi connectivity index (χ1v) is 8.26. The lowest BCUT2D eigenvalue weighted by Gasteiger charge is -2.13. The molecule has 4 nitrogen and oxygen atoms in total. The molecule has 120 valence electrons. The molecule has 1 fully saturated rings. The van der Waals surface area contributed by atoms with Gasteiger partial charge >= 0.3 is 0 Å². The summed E-state index contributed by atoms with van der Waals surface area (Å²) in [7, 11) is 0. The second-order valence-electron chi connectivity index (χ2n) is 5.93. The number of nitrogens with one attached hydrogen (secondary N) is 1. The standard InChI is InChI=1S/C18H19ClN2O2/c19-16-8-4-1-5-13(16)11-21-12-14(9-10-17(21)22)18(23)20-15-6-2-3-7-15/h1,4-5,8-10,12,15H,2-3,6-7,11H2,(H,20,23). The van der Waals surface area contributed by atoms with Crippen LogP contribution < -0.4 is 10.9 Å². The van der Waals surface area contributed by atoms with E-state index in [1.165, 1.54) is 10.6 Å². The van der Waals surface area contributed by atoms with Crippen molar-refractivity contribution in [2.24, 2.45) is 0 Å². The van der Waals surface area contributed by atoms with Gasteiger partial charge < -0.3 is 9.88 Å². The Labute approximate surface area is 140 Å². The third-order valence-corrected chi connectivity index (χ3v) is 4.60. The second kappa shape index (κ2) is 7.01. The second-order valence-corrected chi connectivity index (χ2v) is 6.34. The van der Waals surface area contributed by atoms with Crippen LogP contribution in [0.5, 0.6) is 0 Å².